The monoisotopic (exact) mass is 292 g/mol. The molecule has 0 aliphatic rings. The fourth-order valence-electron chi connectivity index (χ4n) is 1.77. The highest BCUT2D eigenvalue weighted by Crippen LogP contribution is 2.36. The first-order valence-electron chi connectivity index (χ1n) is 5.51. The number of nitrogens with zero attached hydrogens (tertiary/aromatic N) is 1. The van der Waals surface area contributed by atoms with Crippen LogP contribution in [0.15, 0.2) is 55.7 Å². The molecule has 20 heavy (non-hydrogen) atoms. The minimum Gasteiger partial charge on any atom is -0.503 e. The summed E-state index contributed by atoms with van der Waals surface area (Å²) in [4.78, 5) is 10.9. The topological polar surface area (TPSA) is 113 Å². The Balaban J connectivity index is 2.26. The van der Waals surface area contributed by atoms with Crippen LogP contribution in [0.1, 0.15) is 0 Å². The van der Waals surface area contributed by atoms with Crippen LogP contribution in [0.25, 0.3) is 11.0 Å². The number of sulfone groups is 1. The van der Waals surface area contributed by atoms with Crippen molar-refractivity contribution in [2.75, 3.05) is 0 Å². The van der Waals surface area contributed by atoms with Gasteiger partial charge in [0, 0.05) is 6.07 Å². The van der Waals surface area contributed by atoms with Crippen LogP contribution in [0.4, 0.5) is 0 Å². The summed E-state index contributed by atoms with van der Waals surface area (Å²) in [7, 11) is -4.15. The maximum atomic E-state index is 12.3. The third-order valence-electron chi connectivity index (χ3n) is 2.71. The number of aromatic nitrogens is 2. The molecule has 0 amide bonds. The van der Waals surface area contributed by atoms with Crippen molar-refractivity contribution in [2.45, 2.75) is 10.1 Å². The third kappa shape index (κ3) is 1.77. The number of nitrogens with one attached hydrogen (secondary N) is 1. The molecule has 7 nitrogen and oxygen atoms in total. The van der Waals surface area contributed by atoms with E-state index in [1.54, 1.807) is 12.1 Å². The van der Waals surface area contributed by atoms with Crippen molar-refractivity contribution in [1.82, 2.24) is 10.2 Å². The van der Waals surface area contributed by atoms with Gasteiger partial charge in [0.2, 0.25) is 0 Å². The van der Waals surface area contributed by atoms with Gasteiger partial charge in [0.15, 0.2) is 10.8 Å². The Morgan fingerprint density at radius 2 is 1.90 bits per heavy atom. The average molecular weight is 292 g/mol. The molecule has 0 atom stereocenters. The van der Waals surface area contributed by atoms with Crippen LogP contribution in [-0.4, -0.2) is 23.7 Å². The van der Waals surface area contributed by atoms with Crippen LogP contribution in [0.3, 0.4) is 0 Å². The lowest BCUT2D eigenvalue weighted by Crippen LogP contribution is -2.11. The maximum Gasteiger partial charge on any atom is 0.267 e. The number of hydrogen-bond donors (Lipinski definition) is 2. The summed E-state index contributed by atoms with van der Waals surface area (Å²) < 4.78 is 29.8. The van der Waals surface area contributed by atoms with Crippen molar-refractivity contribution in [3.63, 3.8) is 0 Å². The minimum absolute atomic E-state index is 0.244. The molecule has 0 fully saturated rings. The maximum absolute atomic E-state index is 12.3. The van der Waals surface area contributed by atoms with Gasteiger partial charge >= 0.3 is 0 Å². The molecule has 3 rings (SSSR count). The molecule has 2 N–H and O–H groups in total. The van der Waals surface area contributed by atoms with E-state index in [4.69, 9.17) is 4.42 Å². The van der Waals surface area contributed by atoms with E-state index < -0.39 is 31.3 Å². The van der Waals surface area contributed by atoms with Crippen molar-refractivity contribution in [1.29, 1.82) is 0 Å². The van der Waals surface area contributed by atoms with E-state index >= 15 is 0 Å². The molecule has 2 heterocycles. The zero-order valence-electron chi connectivity index (χ0n) is 9.90. The Bertz CT molecular complexity index is 935. The van der Waals surface area contributed by atoms with Crippen LogP contribution in [0, 0.1) is 0 Å². The molecule has 102 valence electrons. The lowest BCUT2D eigenvalue weighted by atomic mass is 10.2. The summed E-state index contributed by atoms with van der Waals surface area (Å²) in [5, 5.41) is 14.7. The second-order valence-corrected chi connectivity index (χ2v) is 5.79. The number of aromatic amines is 1. The number of fused-ring (bicyclic) bond motifs is 1. The number of hydrogen-bond acceptors (Lipinski definition) is 6. The van der Waals surface area contributed by atoms with Crippen LogP contribution in [0.2, 0.25) is 0 Å². The summed E-state index contributed by atoms with van der Waals surface area (Å²) in [5.41, 5.74) is -0.286. The molecule has 0 radical (unpaired) electrons. The lowest BCUT2D eigenvalue weighted by molar-refractivity contribution is 0.403. The standard InChI is InChI=1S/C12H8N2O5S/c15-9-5-6-10(14-13-9)20(17,18)12-11(16)7-3-1-2-4-8(7)19-12/h1-6,16H,(H,13,15). The molecule has 0 saturated carbocycles. The first kappa shape index (κ1) is 12.4. The molecule has 0 spiro atoms. The Hall–Kier alpha value is -2.61. The number of para-hydroxylation sites is 1. The Morgan fingerprint density at radius 3 is 2.55 bits per heavy atom. The molecular weight excluding hydrogens is 284 g/mol. The fourth-order valence-corrected chi connectivity index (χ4v) is 2.93. The second kappa shape index (κ2) is 4.20. The van der Waals surface area contributed by atoms with Gasteiger partial charge in [-0.25, -0.2) is 13.5 Å². The van der Waals surface area contributed by atoms with E-state index in [0.717, 1.165) is 12.1 Å². The quantitative estimate of drug-likeness (QED) is 0.730. The van der Waals surface area contributed by atoms with E-state index in [9.17, 15) is 18.3 Å². The molecule has 3 aromatic rings. The highest BCUT2D eigenvalue weighted by atomic mass is 32.2. The SMILES string of the molecule is O=c1ccc(S(=O)(=O)c2oc3ccccc3c2O)n[nH]1. The molecule has 0 bridgehead atoms. The average Bonchev–Trinajstić information content (AvgIpc) is 2.78. The number of H-pyrrole nitrogens is 1. The van der Waals surface area contributed by atoms with Crippen molar-refractivity contribution >= 4 is 20.8 Å². The molecule has 1 aromatic carbocycles. The zero-order valence-corrected chi connectivity index (χ0v) is 10.7. The predicted octanol–water partition coefficient (Wildman–Crippen LogP) is 1.05. The van der Waals surface area contributed by atoms with E-state index in [2.05, 4.69) is 5.10 Å². The van der Waals surface area contributed by atoms with Gasteiger partial charge in [-0.1, -0.05) is 12.1 Å². The highest BCUT2D eigenvalue weighted by molar-refractivity contribution is 7.91. The normalized spacial score (nSPS) is 11.8. The summed E-state index contributed by atoms with van der Waals surface area (Å²) >= 11 is 0. The van der Waals surface area contributed by atoms with Gasteiger partial charge in [0.05, 0.1) is 5.39 Å². The van der Waals surface area contributed by atoms with Crippen molar-refractivity contribution < 1.29 is 17.9 Å². The van der Waals surface area contributed by atoms with Crippen molar-refractivity contribution in [2.24, 2.45) is 0 Å². The molecule has 0 aliphatic heterocycles. The molecular formula is C12H8N2O5S. The Labute approximate surface area is 112 Å². The van der Waals surface area contributed by atoms with E-state index in [1.165, 1.54) is 12.1 Å². The molecule has 8 heteroatoms. The van der Waals surface area contributed by atoms with Crippen LogP contribution in [0.5, 0.6) is 5.75 Å². The first-order chi connectivity index (χ1) is 9.50. The van der Waals surface area contributed by atoms with E-state index in [1.807, 2.05) is 5.10 Å². The van der Waals surface area contributed by atoms with Gasteiger partial charge in [-0.2, -0.15) is 5.10 Å². The summed E-state index contributed by atoms with van der Waals surface area (Å²) in [6.07, 6.45) is 0. The first-order valence-corrected chi connectivity index (χ1v) is 7.00. The smallest absolute Gasteiger partial charge is 0.267 e. The van der Waals surface area contributed by atoms with Gasteiger partial charge in [0.1, 0.15) is 5.58 Å². The largest absolute Gasteiger partial charge is 0.503 e. The summed E-state index contributed by atoms with van der Waals surface area (Å²) in [6, 6.07) is 8.44. The lowest BCUT2D eigenvalue weighted by Gasteiger charge is -1.99. The number of rotatable bonds is 2. The zero-order chi connectivity index (χ0) is 14.3. The molecule has 0 saturated heterocycles. The van der Waals surface area contributed by atoms with Gasteiger partial charge < -0.3 is 9.52 Å². The van der Waals surface area contributed by atoms with Crippen molar-refractivity contribution in [3.8, 4) is 5.75 Å². The van der Waals surface area contributed by atoms with E-state index in [0.29, 0.717) is 0 Å². The third-order valence-corrected chi connectivity index (χ3v) is 4.25. The Morgan fingerprint density at radius 1 is 1.15 bits per heavy atom. The Kier molecular flexibility index (Phi) is 2.61. The van der Waals surface area contributed by atoms with Crippen LogP contribution < -0.4 is 5.56 Å². The van der Waals surface area contributed by atoms with Crippen molar-refractivity contribution in [3.05, 3.63) is 46.8 Å². The van der Waals surface area contributed by atoms with Gasteiger partial charge in [-0.15, -0.1) is 0 Å². The summed E-state index contributed by atoms with van der Waals surface area (Å²) in [5.74, 6) is -0.478. The molecule has 0 unspecified atom stereocenters. The number of aromatic hydroxyl groups is 1. The van der Waals surface area contributed by atoms with E-state index in [-0.39, 0.29) is 11.0 Å². The van der Waals surface area contributed by atoms with Gasteiger partial charge in [-0.3, -0.25) is 4.79 Å². The number of benzene rings is 1. The highest BCUT2D eigenvalue weighted by Gasteiger charge is 2.29. The van der Waals surface area contributed by atoms with Gasteiger partial charge in [0.25, 0.3) is 20.5 Å². The van der Waals surface area contributed by atoms with Crippen LogP contribution >= 0.6 is 0 Å². The number of furan rings is 1. The fraction of sp³-hybridized carbons (Fsp3) is 0. The molecule has 0 aliphatic carbocycles. The summed E-state index contributed by atoms with van der Waals surface area (Å²) in [6.45, 7) is 0. The second-order valence-electron chi connectivity index (χ2n) is 4.00. The minimum atomic E-state index is -4.15. The molecule has 2 aromatic heterocycles. The van der Waals surface area contributed by atoms with Crippen LogP contribution in [-0.2, 0) is 9.84 Å². The van der Waals surface area contributed by atoms with Gasteiger partial charge in [-0.05, 0) is 18.2 Å². The predicted molar refractivity (Wildman–Crippen MR) is 68.2 cm³/mol.